The van der Waals surface area contributed by atoms with Crippen LogP contribution in [0.25, 0.3) is 16.8 Å². The van der Waals surface area contributed by atoms with Crippen molar-refractivity contribution in [1.82, 2.24) is 19.7 Å². The molecule has 1 aliphatic heterocycles. The van der Waals surface area contributed by atoms with Gasteiger partial charge in [0.1, 0.15) is 22.9 Å². The Morgan fingerprint density at radius 1 is 1.24 bits per heavy atom. The first-order valence-corrected chi connectivity index (χ1v) is 11.8. The van der Waals surface area contributed by atoms with Gasteiger partial charge in [0.2, 0.25) is 0 Å². The molecule has 1 saturated heterocycles. The molecule has 174 valence electrons. The molecule has 7 heteroatoms. The standard InChI is InChI=1S/C27H30N6O/c1-16(2)21-10-9-20(14-17(21)3)31-27(34)19-7-4-6-18(15-19)23-24-25(28)30-12-13-33(24)26(32-23)22-8-5-11-29-22/h4,6-7,9-10,12-16,22,29H,5,8,11H2,1-3H3,(H2,28,30)(H,31,34)/t22-/m0/s1. The summed E-state index contributed by atoms with van der Waals surface area (Å²) >= 11 is 0. The lowest BCUT2D eigenvalue weighted by atomic mass is 9.97. The molecule has 2 aromatic carbocycles. The van der Waals surface area contributed by atoms with E-state index in [1.807, 2.05) is 47.0 Å². The number of amides is 1. The number of aryl methyl sites for hydroxylation is 1. The van der Waals surface area contributed by atoms with Gasteiger partial charge in [-0.15, -0.1) is 0 Å². The van der Waals surface area contributed by atoms with E-state index in [0.29, 0.717) is 17.3 Å². The average molecular weight is 455 g/mol. The number of imidazole rings is 1. The molecular weight excluding hydrogens is 424 g/mol. The van der Waals surface area contributed by atoms with Crippen molar-refractivity contribution in [2.24, 2.45) is 0 Å². The molecule has 1 aliphatic rings. The van der Waals surface area contributed by atoms with Gasteiger partial charge in [-0.05, 0) is 67.6 Å². The van der Waals surface area contributed by atoms with E-state index in [1.54, 1.807) is 6.20 Å². The smallest absolute Gasteiger partial charge is 0.255 e. The van der Waals surface area contributed by atoms with Crippen LogP contribution in [0, 0.1) is 6.92 Å². The Morgan fingerprint density at radius 3 is 2.82 bits per heavy atom. The number of nitrogens with zero attached hydrogens (tertiary/aromatic N) is 3. The van der Waals surface area contributed by atoms with E-state index < -0.39 is 0 Å². The molecule has 0 saturated carbocycles. The first-order valence-electron chi connectivity index (χ1n) is 11.8. The molecule has 1 amide bonds. The lowest BCUT2D eigenvalue weighted by Gasteiger charge is -2.12. The number of nitrogens with one attached hydrogen (secondary N) is 2. The van der Waals surface area contributed by atoms with Crippen molar-refractivity contribution in [3.05, 3.63) is 77.4 Å². The number of aromatic nitrogens is 3. The van der Waals surface area contributed by atoms with Crippen LogP contribution in [0.1, 0.15) is 66.0 Å². The summed E-state index contributed by atoms with van der Waals surface area (Å²) in [5.41, 5.74) is 12.4. The van der Waals surface area contributed by atoms with E-state index in [0.717, 1.165) is 47.7 Å². The van der Waals surface area contributed by atoms with E-state index in [1.165, 1.54) is 11.1 Å². The molecule has 0 spiro atoms. The van der Waals surface area contributed by atoms with Gasteiger partial charge in [-0.3, -0.25) is 9.20 Å². The fourth-order valence-corrected chi connectivity index (χ4v) is 4.85. The predicted molar refractivity (Wildman–Crippen MR) is 136 cm³/mol. The first-order chi connectivity index (χ1) is 16.4. The van der Waals surface area contributed by atoms with Gasteiger partial charge in [0.05, 0.1) is 6.04 Å². The van der Waals surface area contributed by atoms with Crippen LogP contribution in [0.2, 0.25) is 0 Å². The number of fused-ring (bicyclic) bond motifs is 1. The number of carbonyl (C=O) groups is 1. The fraction of sp³-hybridized carbons (Fsp3) is 0.296. The maximum Gasteiger partial charge on any atom is 0.255 e. The van der Waals surface area contributed by atoms with Gasteiger partial charge in [-0.1, -0.05) is 32.0 Å². The topological polar surface area (TPSA) is 97.3 Å². The molecule has 1 atom stereocenters. The van der Waals surface area contributed by atoms with E-state index in [9.17, 15) is 4.79 Å². The minimum atomic E-state index is -0.161. The number of hydrogen-bond donors (Lipinski definition) is 3. The summed E-state index contributed by atoms with van der Waals surface area (Å²) in [4.78, 5) is 22.4. The van der Waals surface area contributed by atoms with Gasteiger partial charge < -0.3 is 16.4 Å². The zero-order chi connectivity index (χ0) is 23.8. The Labute approximate surface area is 199 Å². The van der Waals surface area contributed by atoms with Gasteiger partial charge in [-0.25, -0.2) is 9.97 Å². The summed E-state index contributed by atoms with van der Waals surface area (Å²) in [6.45, 7) is 7.39. The van der Waals surface area contributed by atoms with Crippen molar-refractivity contribution in [2.45, 2.75) is 45.6 Å². The van der Waals surface area contributed by atoms with Crippen LogP contribution in [0.3, 0.4) is 0 Å². The number of nitrogen functional groups attached to an aromatic ring is 1. The Bertz CT molecular complexity index is 1370. The molecule has 4 N–H and O–H groups in total. The van der Waals surface area contributed by atoms with Crippen LogP contribution in [0.4, 0.5) is 11.5 Å². The maximum atomic E-state index is 13.1. The third kappa shape index (κ3) is 4.03. The van der Waals surface area contributed by atoms with Crippen molar-refractivity contribution >= 4 is 22.9 Å². The van der Waals surface area contributed by atoms with E-state index in [4.69, 9.17) is 10.7 Å². The van der Waals surface area contributed by atoms with Gasteiger partial charge in [0, 0.05) is 29.2 Å². The molecule has 34 heavy (non-hydrogen) atoms. The summed E-state index contributed by atoms with van der Waals surface area (Å²) in [7, 11) is 0. The van der Waals surface area contributed by atoms with Crippen molar-refractivity contribution in [2.75, 3.05) is 17.6 Å². The van der Waals surface area contributed by atoms with Crippen LogP contribution in [0.5, 0.6) is 0 Å². The third-order valence-electron chi connectivity index (χ3n) is 6.53. The van der Waals surface area contributed by atoms with E-state index >= 15 is 0 Å². The average Bonchev–Trinajstić information content (AvgIpc) is 3.47. The molecule has 5 rings (SSSR count). The van der Waals surface area contributed by atoms with Crippen molar-refractivity contribution in [3.63, 3.8) is 0 Å². The zero-order valence-electron chi connectivity index (χ0n) is 19.8. The highest BCUT2D eigenvalue weighted by Crippen LogP contribution is 2.33. The van der Waals surface area contributed by atoms with Gasteiger partial charge in [0.15, 0.2) is 0 Å². The van der Waals surface area contributed by atoms with Crippen LogP contribution in [-0.4, -0.2) is 26.8 Å². The van der Waals surface area contributed by atoms with Crippen molar-refractivity contribution in [3.8, 4) is 11.3 Å². The predicted octanol–water partition coefficient (Wildman–Crippen LogP) is 5.09. The highest BCUT2D eigenvalue weighted by molar-refractivity contribution is 6.05. The third-order valence-corrected chi connectivity index (χ3v) is 6.53. The minimum absolute atomic E-state index is 0.161. The monoisotopic (exact) mass is 454 g/mol. The van der Waals surface area contributed by atoms with Gasteiger partial charge in [0.25, 0.3) is 5.91 Å². The molecule has 2 aromatic heterocycles. The molecule has 4 aromatic rings. The molecular formula is C27H30N6O. The van der Waals surface area contributed by atoms with Crippen molar-refractivity contribution < 1.29 is 4.79 Å². The SMILES string of the molecule is Cc1cc(NC(=O)c2cccc(-c3nc([C@@H]4CCCN4)n4ccnc(N)c34)c2)ccc1C(C)C. The van der Waals surface area contributed by atoms with Crippen molar-refractivity contribution in [1.29, 1.82) is 0 Å². The molecule has 1 fully saturated rings. The Morgan fingerprint density at radius 2 is 2.09 bits per heavy atom. The number of benzene rings is 2. The Hall–Kier alpha value is -3.71. The van der Waals surface area contributed by atoms with Crippen LogP contribution in [0.15, 0.2) is 54.9 Å². The number of hydrogen-bond acceptors (Lipinski definition) is 5. The van der Waals surface area contributed by atoms with E-state index in [-0.39, 0.29) is 11.9 Å². The Balaban J connectivity index is 1.49. The zero-order valence-corrected chi connectivity index (χ0v) is 19.8. The quantitative estimate of drug-likeness (QED) is 0.390. The number of carbonyl (C=O) groups excluding carboxylic acids is 1. The van der Waals surface area contributed by atoms with Gasteiger partial charge in [-0.2, -0.15) is 0 Å². The van der Waals surface area contributed by atoms with Crippen LogP contribution in [-0.2, 0) is 0 Å². The summed E-state index contributed by atoms with van der Waals surface area (Å²) in [6.07, 6.45) is 5.74. The second-order valence-electron chi connectivity index (χ2n) is 9.26. The van der Waals surface area contributed by atoms with Gasteiger partial charge >= 0.3 is 0 Å². The normalized spacial score (nSPS) is 15.8. The summed E-state index contributed by atoms with van der Waals surface area (Å²) in [6, 6.07) is 13.7. The summed E-state index contributed by atoms with van der Waals surface area (Å²) < 4.78 is 2.02. The van der Waals surface area contributed by atoms with Crippen LogP contribution >= 0.6 is 0 Å². The number of nitrogens with two attached hydrogens (primary N) is 1. The largest absolute Gasteiger partial charge is 0.382 e. The molecule has 7 nitrogen and oxygen atoms in total. The maximum absolute atomic E-state index is 13.1. The second-order valence-corrected chi connectivity index (χ2v) is 9.26. The Kier molecular flexibility index (Phi) is 5.79. The highest BCUT2D eigenvalue weighted by atomic mass is 16.1. The fourth-order valence-electron chi connectivity index (χ4n) is 4.85. The number of rotatable bonds is 5. The minimum Gasteiger partial charge on any atom is -0.382 e. The number of anilines is 2. The lowest BCUT2D eigenvalue weighted by molar-refractivity contribution is 0.102. The lowest BCUT2D eigenvalue weighted by Crippen LogP contribution is -2.16. The summed E-state index contributed by atoms with van der Waals surface area (Å²) in [5.74, 6) is 1.63. The second kappa shape index (κ2) is 8.91. The highest BCUT2D eigenvalue weighted by Gasteiger charge is 2.25. The molecule has 0 unspecified atom stereocenters. The van der Waals surface area contributed by atoms with Crippen LogP contribution < -0.4 is 16.4 Å². The summed E-state index contributed by atoms with van der Waals surface area (Å²) in [5, 5.41) is 6.54. The molecule has 0 radical (unpaired) electrons. The molecule has 3 heterocycles. The van der Waals surface area contributed by atoms with E-state index in [2.05, 4.69) is 42.5 Å². The molecule has 0 bridgehead atoms. The first kappa shape index (κ1) is 22.1. The molecule has 0 aliphatic carbocycles.